The maximum absolute atomic E-state index is 4.01. The van der Waals surface area contributed by atoms with Gasteiger partial charge in [-0.15, -0.1) is 5.10 Å². The summed E-state index contributed by atoms with van der Waals surface area (Å²) in [5.41, 5.74) is 2.20. The summed E-state index contributed by atoms with van der Waals surface area (Å²) in [6.45, 7) is 6.32. The minimum Gasteiger partial charge on any atom is -0.334 e. The van der Waals surface area contributed by atoms with Crippen LogP contribution in [-0.2, 0) is 7.05 Å². The molecule has 0 unspecified atom stereocenters. The molecule has 0 radical (unpaired) electrons. The Morgan fingerprint density at radius 2 is 2.00 bits per heavy atom. The van der Waals surface area contributed by atoms with Crippen LogP contribution in [0, 0.1) is 6.92 Å². The van der Waals surface area contributed by atoms with Crippen LogP contribution in [0.15, 0.2) is 18.5 Å². The van der Waals surface area contributed by atoms with Crippen molar-refractivity contribution in [1.29, 1.82) is 0 Å². The molecule has 0 aliphatic rings. The third kappa shape index (κ3) is 2.10. The van der Waals surface area contributed by atoms with Crippen molar-refractivity contribution in [3.8, 4) is 0 Å². The Bertz CT molecular complexity index is 368. The summed E-state index contributed by atoms with van der Waals surface area (Å²) in [5, 5.41) is 9.01. The van der Waals surface area contributed by atoms with Gasteiger partial charge in [-0.3, -0.25) is 0 Å². The molecule has 0 bridgehead atoms. The first-order valence-electron chi connectivity index (χ1n) is 4.94. The van der Waals surface area contributed by atoms with Gasteiger partial charge in [0.25, 0.3) is 0 Å². The maximum Gasteiger partial charge on any atom is 0.162 e. The van der Waals surface area contributed by atoms with E-state index in [9.17, 15) is 0 Å². The van der Waals surface area contributed by atoms with Crippen LogP contribution < -0.4 is 0 Å². The van der Waals surface area contributed by atoms with Crippen molar-refractivity contribution in [2.45, 2.75) is 27.2 Å². The van der Waals surface area contributed by atoms with E-state index < -0.39 is 0 Å². The van der Waals surface area contributed by atoms with Crippen molar-refractivity contribution in [1.82, 2.24) is 14.8 Å². The SMILES string of the molecule is CCC.Cc1cn(C)c2nnccc12. The number of aromatic nitrogens is 3. The van der Waals surface area contributed by atoms with Gasteiger partial charge in [-0.1, -0.05) is 20.3 Å². The Hall–Kier alpha value is -1.38. The fourth-order valence-corrected chi connectivity index (χ4v) is 1.31. The van der Waals surface area contributed by atoms with E-state index in [1.807, 2.05) is 17.7 Å². The van der Waals surface area contributed by atoms with Crippen molar-refractivity contribution in [3.63, 3.8) is 0 Å². The summed E-state index contributed by atoms with van der Waals surface area (Å²) < 4.78 is 1.98. The monoisotopic (exact) mass is 191 g/mol. The summed E-state index contributed by atoms with van der Waals surface area (Å²) in [4.78, 5) is 0. The topological polar surface area (TPSA) is 30.7 Å². The predicted octanol–water partition coefficient (Wildman–Crippen LogP) is 2.69. The second-order valence-corrected chi connectivity index (χ2v) is 3.40. The van der Waals surface area contributed by atoms with Crippen LogP contribution in [0.25, 0.3) is 11.0 Å². The van der Waals surface area contributed by atoms with E-state index in [0.717, 1.165) is 5.65 Å². The lowest BCUT2D eigenvalue weighted by atomic mass is 10.3. The number of rotatable bonds is 0. The zero-order valence-corrected chi connectivity index (χ0v) is 9.28. The van der Waals surface area contributed by atoms with Gasteiger partial charge in [-0.2, -0.15) is 5.10 Å². The maximum atomic E-state index is 4.01. The number of fused-ring (bicyclic) bond motifs is 1. The summed E-state index contributed by atoms with van der Waals surface area (Å²) in [6, 6.07) is 1.98. The molecule has 0 amide bonds. The number of hydrogen-bond donors (Lipinski definition) is 0. The van der Waals surface area contributed by atoms with Crippen molar-refractivity contribution in [2.24, 2.45) is 7.05 Å². The quantitative estimate of drug-likeness (QED) is 0.641. The molecule has 0 spiro atoms. The molecule has 3 nitrogen and oxygen atoms in total. The minimum atomic E-state index is 0.949. The van der Waals surface area contributed by atoms with Gasteiger partial charge in [-0.25, -0.2) is 0 Å². The molecular weight excluding hydrogens is 174 g/mol. The van der Waals surface area contributed by atoms with Gasteiger partial charge < -0.3 is 4.57 Å². The van der Waals surface area contributed by atoms with E-state index in [1.165, 1.54) is 17.4 Å². The third-order valence-corrected chi connectivity index (χ3v) is 1.85. The van der Waals surface area contributed by atoms with Gasteiger partial charge in [0.05, 0.1) is 6.20 Å². The molecule has 0 aliphatic heterocycles. The Morgan fingerprint density at radius 3 is 2.57 bits per heavy atom. The molecule has 0 atom stereocenters. The first-order chi connectivity index (χ1) is 6.70. The van der Waals surface area contributed by atoms with Crippen LogP contribution >= 0.6 is 0 Å². The van der Waals surface area contributed by atoms with Gasteiger partial charge >= 0.3 is 0 Å². The Balaban J connectivity index is 0.000000293. The van der Waals surface area contributed by atoms with Crippen LogP contribution in [0.1, 0.15) is 25.8 Å². The van der Waals surface area contributed by atoms with Gasteiger partial charge in [-0.05, 0) is 18.6 Å². The average Bonchev–Trinajstić information content (AvgIpc) is 2.45. The fourth-order valence-electron chi connectivity index (χ4n) is 1.31. The summed E-state index contributed by atoms with van der Waals surface area (Å²) >= 11 is 0. The van der Waals surface area contributed by atoms with Gasteiger partial charge in [0, 0.05) is 18.6 Å². The highest BCUT2D eigenvalue weighted by molar-refractivity contribution is 5.79. The van der Waals surface area contributed by atoms with Crippen molar-refractivity contribution in [2.75, 3.05) is 0 Å². The standard InChI is InChI=1S/C8H9N3.C3H8/c1-6-5-11(2)8-7(6)3-4-9-10-8;1-3-2/h3-5H,1-2H3;3H2,1-2H3. The van der Waals surface area contributed by atoms with E-state index in [1.54, 1.807) is 6.20 Å². The third-order valence-electron chi connectivity index (χ3n) is 1.85. The van der Waals surface area contributed by atoms with Gasteiger partial charge in [0.15, 0.2) is 5.65 Å². The first kappa shape index (κ1) is 10.7. The molecule has 0 aliphatic carbocycles. The Kier molecular flexibility index (Phi) is 3.63. The lowest BCUT2D eigenvalue weighted by molar-refractivity contribution is 0.915. The van der Waals surface area contributed by atoms with Gasteiger partial charge in [0.2, 0.25) is 0 Å². The van der Waals surface area contributed by atoms with Crippen LogP contribution in [0.2, 0.25) is 0 Å². The smallest absolute Gasteiger partial charge is 0.162 e. The number of hydrogen-bond acceptors (Lipinski definition) is 2. The van der Waals surface area contributed by atoms with Crippen LogP contribution in [-0.4, -0.2) is 14.8 Å². The zero-order valence-electron chi connectivity index (χ0n) is 9.28. The summed E-state index contributed by atoms with van der Waals surface area (Å²) in [6.07, 6.45) is 5.02. The first-order valence-corrected chi connectivity index (χ1v) is 4.94. The predicted molar refractivity (Wildman–Crippen MR) is 59.2 cm³/mol. The van der Waals surface area contributed by atoms with Crippen molar-refractivity contribution in [3.05, 3.63) is 24.0 Å². The zero-order chi connectivity index (χ0) is 10.6. The molecule has 3 heteroatoms. The van der Waals surface area contributed by atoms with E-state index in [4.69, 9.17) is 0 Å². The molecule has 0 fully saturated rings. The summed E-state index contributed by atoms with van der Waals surface area (Å²) in [7, 11) is 1.98. The lowest BCUT2D eigenvalue weighted by Gasteiger charge is -1.90. The molecular formula is C11H17N3. The van der Waals surface area contributed by atoms with E-state index >= 15 is 0 Å². The highest BCUT2D eigenvalue weighted by atomic mass is 15.2. The molecule has 2 aromatic rings. The molecule has 2 heterocycles. The largest absolute Gasteiger partial charge is 0.334 e. The molecule has 76 valence electrons. The minimum absolute atomic E-state index is 0.949. The second kappa shape index (κ2) is 4.74. The van der Waals surface area contributed by atoms with Crippen molar-refractivity contribution >= 4 is 11.0 Å². The molecule has 0 saturated carbocycles. The molecule has 14 heavy (non-hydrogen) atoms. The highest BCUT2D eigenvalue weighted by Gasteiger charge is 2.01. The highest BCUT2D eigenvalue weighted by Crippen LogP contribution is 2.15. The average molecular weight is 191 g/mol. The number of aryl methyl sites for hydroxylation is 2. The van der Waals surface area contributed by atoms with Crippen LogP contribution in [0.5, 0.6) is 0 Å². The van der Waals surface area contributed by atoms with E-state index in [-0.39, 0.29) is 0 Å². The molecule has 0 N–H and O–H groups in total. The number of nitrogens with zero attached hydrogens (tertiary/aromatic N) is 3. The Morgan fingerprint density at radius 1 is 1.36 bits per heavy atom. The van der Waals surface area contributed by atoms with E-state index in [2.05, 4.69) is 37.2 Å². The summed E-state index contributed by atoms with van der Waals surface area (Å²) in [5.74, 6) is 0. The molecule has 0 saturated heterocycles. The molecule has 2 rings (SSSR count). The normalized spacial score (nSPS) is 9.71. The van der Waals surface area contributed by atoms with Gasteiger partial charge in [0.1, 0.15) is 0 Å². The van der Waals surface area contributed by atoms with Crippen LogP contribution in [0.3, 0.4) is 0 Å². The van der Waals surface area contributed by atoms with Crippen molar-refractivity contribution < 1.29 is 0 Å². The van der Waals surface area contributed by atoms with E-state index in [0.29, 0.717) is 0 Å². The fraction of sp³-hybridized carbons (Fsp3) is 0.455. The molecule has 2 aromatic heterocycles. The van der Waals surface area contributed by atoms with Crippen LogP contribution in [0.4, 0.5) is 0 Å². The lowest BCUT2D eigenvalue weighted by Crippen LogP contribution is -1.88. The second-order valence-electron chi connectivity index (χ2n) is 3.40. The molecule has 0 aromatic carbocycles. The Labute approximate surface area is 84.8 Å².